The summed E-state index contributed by atoms with van der Waals surface area (Å²) < 4.78 is 12.8. The van der Waals surface area contributed by atoms with Crippen molar-refractivity contribution in [2.75, 3.05) is 0 Å². The van der Waals surface area contributed by atoms with Gasteiger partial charge in [-0.3, -0.25) is 9.78 Å². The van der Waals surface area contributed by atoms with Crippen LogP contribution in [-0.4, -0.2) is 11.1 Å². The third-order valence-corrected chi connectivity index (χ3v) is 1.82. The fourth-order valence-electron chi connectivity index (χ4n) is 1.05. The van der Waals surface area contributed by atoms with Crippen LogP contribution < -0.4 is 4.89 Å². The fourth-order valence-corrected chi connectivity index (χ4v) is 1.05. The van der Waals surface area contributed by atoms with Gasteiger partial charge in [-0.15, -0.1) is 0 Å². The van der Waals surface area contributed by atoms with Crippen LogP contribution in [0.15, 0.2) is 18.2 Å². The van der Waals surface area contributed by atoms with Crippen LogP contribution in [0.3, 0.4) is 0 Å². The van der Waals surface area contributed by atoms with E-state index in [1.54, 1.807) is 0 Å². The summed E-state index contributed by atoms with van der Waals surface area (Å²) in [6, 6.07) is 3.08. The third kappa shape index (κ3) is 4.16. The zero-order valence-corrected chi connectivity index (χ0v) is 8.90. The standard InChI is InChI=1S/C11H13FO4/c1-2-3-4-11(14)16-15-10-6-8(12)5-9(13)7-10/h5-7,13H,2-4H2,1H3. The number of unbranched alkanes of at least 4 members (excludes halogenated alkanes) is 1. The molecule has 0 aromatic heterocycles. The zero-order valence-electron chi connectivity index (χ0n) is 8.90. The van der Waals surface area contributed by atoms with E-state index in [1.165, 1.54) is 0 Å². The lowest BCUT2D eigenvalue weighted by Gasteiger charge is -2.04. The van der Waals surface area contributed by atoms with Gasteiger partial charge < -0.3 is 5.11 Å². The Morgan fingerprint density at radius 1 is 1.44 bits per heavy atom. The lowest BCUT2D eigenvalue weighted by Crippen LogP contribution is -2.07. The molecule has 0 bridgehead atoms. The number of phenolic OH excluding ortho intramolecular Hbond substituents is 1. The molecule has 0 aliphatic carbocycles. The second-order valence-corrected chi connectivity index (χ2v) is 3.29. The molecule has 0 aliphatic heterocycles. The molecule has 0 spiro atoms. The van der Waals surface area contributed by atoms with Crippen molar-refractivity contribution in [3.63, 3.8) is 0 Å². The Hall–Kier alpha value is -1.78. The molecule has 0 radical (unpaired) electrons. The van der Waals surface area contributed by atoms with E-state index in [2.05, 4.69) is 9.78 Å². The molecular weight excluding hydrogens is 215 g/mol. The van der Waals surface area contributed by atoms with Gasteiger partial charge in [0.15, 0.2) is 5.75 Å². The Kier molecular flexibility index (Phi) is 4.57. The second-order valence-electron chi connectivity index (χ2n) is 3.29. The van der Waals surface area contributed by atoms with Crippen molar-refractivity contribution in [2.24, 2.45) is 0 Å². The van der Waals surface area contributed by atoms with Crippen molar-refractivity contribution >= 4 is 5.97 Å². The number of aromatic hydroxyl groups is 1. The molecule has 1 aromatic rings. The van der Waals surface area contributed by atoms with Crippen LogP contribution in [-0.2, 0) is 9.68 Å². The summed E-state index contributed by atoms with van der Waals surface area (Å²) in [5.74, 6) is -1.54. The third-order valence-electron chi connectivity index (χ3n) is 1.82. The molecule has 0 saturated carbocycles. The van der Waals surface area contributed by atoms with Crippen molar-refractivity contribution < 1.29 is 24.1 Å². The Morgan fingerprint density at radius 3 is 2.81 bits per heavy atom. The molecule has 88 valence electrons. The van der Waals surface area contributed by atoms with Crippen LogP contribution in [0.2, 0.25) is 0 Å². The van der Waals surface area contributed by atoms with E-state index in [0.717, 1.165) is 24.6 Å². The first-order valence-corrected chi connectivity index (χ1v) is 4.98. The summed E-state index contributed by atoms with van der Waals surface area (Å²) in [6.45, 7) is 1.94. The molecule has 0 unspecified atom stereocenters. The highest BCUT2D eigenvalue weighted by Crippen LogP contribution is 2.20. The lowest BCUT2D eigenvalue weighted by atomic mass is 10.3. The minimum Gasteiger partial charge on any atom is -0.508 e. The summed E-state index contributed by atoms with van der Waals surface area (Å²) >= 11 is 0. The van der Waals surface area contributed by atoms with Crippen LogP contribution in [0.25, 0.3) is 0 Å². The lowest BCUT2D eigenvalue weighted by molar-refractivity contribution is -0.214. The molecule has 0 aliphatic rings. The van der Waals surface area contributed by atoms with E-state index in [-0.39, 0.29) is 17.9 Å². The smallest absolute Gasteiger partial charge is 0.355 e. The van der Waals surface area contributed by atoms with Crippen molar-refractivity contribution in [1.29, 1.82) is 0 Å². The van der Waals surface area contributed by atoms with Gasteiger partial charge in [0.1, 0.15) is 11.6 Å². The number of phenols is 1. The highest BCUT2D eigenvalue weighted by Gasteiger charge is 2.06. The van der Waals surface area contributed by atoms with Crippen LogP contribution in [0.5, 0.6) is 11.5 Å². The number of hydrogen-bond acceptors (Lipinski definition) is 4. The predicted octanol–water partition coefficient (Wildman–Crippen LogP) is 2.56. The maximum absolute atomic E-state index is 12.8. The largest absolute Gasteiger partial charge is 0.508 e. The zero-order chi connectivity index (χ0) is 12.0. The molecule has 16 heavy (non-hydrogen) atoms. The highest BCUT2D eigenvalue weighted by atomic mass is 19.1. The maximum atomic E-state index is 12.8. The number of carbonyl (C=O) groups is 1. The number of halogens is 1. The van der Waals surface area contributed by atoms with Gasteiger partial charge in [-0.1, -0.05) is 13.3 Å². The molecule has 0 heterocycles. The average Bonchev–Trinajstić information content (AvgIpc) is 2.22. The Balaban J connectivity index is 2.45. The molecule has 5 heteroatoms. The molecule has 4 nitrogen and oxygen atoms in total. The molecular formula is C11H13FO4. The highest BCUT2D eigenvalue weighted by molar-refractivity contribution is 5.68. The van der Waals surface area contributed by atoms with Gasteiger partial charge in [0, 0.05) is 18.2 Å². The van der Waals surface area contributed by atoms with Gasteiger partial charge in [0.05, 0.1) is 6.42 Å². The molecule has 0 fully saturated rings. The van der Waals surface area contributed by atoms with Crippen LogP contribution >= 0.6 is 0 Å². The van der Waals surface area contributed by atoms with Gasteiger partial charge in [-0.2, -0.15) is 0 Å². The fraction of sp³-hybridized carbons (Fsp3) is 0.364. The molecule has 0 atom stereocenters. The SMILES string of the molecule is CCCCC(=O)OOc1cc(O)cc(F)c1. The van der Waals surface area contributed by atoms with E-state index < -0.39 is 11.8 Å². The first-order chi connectivity index (χ1) is 7.61. The molecule has 1 N–H and O–H groups in total. The van der Waals surface area contributed by atoms with Gasteiger partial charge >= 0.3 is 5.97 Å². The Bertz CT molecular complexity index is 345. The van der Waals surface area contributed by atoms with E-state index in [0.29, 0.717) is 6.42 Å². The van der Waals surface area contributed by atoms with E-state index in [1.807, 2.05) is 6.92 Å². The van der Waals surface area contributed by atoms with Gasteiger partial charge in [-0.25, -0.2) is 9.18 Å². The van der Waals surface area contributed by atoms with Crippen molar-refractivity contribution in [3.05, 3.63) is 24.0 Å². The van der Waals surface area contributed by atoms with Gasteiger partial charge in [0.25, 0.3) is 0 Å². The minimum absolute atomic E-state index is 0.0534. The number of carbonyl (C=O) groups excluding carboxylic acids is 1. The molecule has 0 saturated heterocycles. The van der Waals surface area contributed by atoms with E-state index in [9.17, 15) is 9.18 Å². The number of hydrogen-bond donors (Lipinski definition) is 1. The van der Waals surface area contributed by atoms with Gasteiger partial charge in [-0.05, 0) is 6.42 Å². The topological polar surface area (TPSA) is 55.8 Å². The molecule has 1 rings (SSSR count). The first-order valence-electron chi connectivity index (χ1n) is 4.98. The summed E-state index contributed by atoms with van der Waals surface area (Å²) in [5, 5.41) is 9.04. The van der Waals surface area contributed by atoms with E-state index in [4.69, 9.17) is 5.11 Å². The van der Waals surface area contributed by atoms with Crippen LogP contribution in [0, 0.1) is 5.82 Å². The number of rotatable bonds is 5. The second kappa shape index (κ2) is 5.95. The summed E-state index contributed by atoms with van der Waals surface area (Å²) in [6.07, 6.45) is 1.82. The number of benzene rings is 1. The van der Waals surface area contributed by atoms with Crippen molar-refractivity contribution in [2.45, 2.75) is 26.2 Å². The summed E-state index contributed by atoms with van der Waals surface area (Å²) in [5.41, 5.74) is 0. The summed E-state index contributed by atoms with van der Waals surface area (Å²) in [7, 11) is 0. The summed E-state index contributed by atoms with van der Waals surface area (Å²) in [4.78, 5) is 20.0. The Labute approximate surface area is 92.5 Å². The van der Waals surface area contributed by atoms with Crippen LogP contribution in [0.4, 0.5) is 4.39 Å². The van der Waals surface area contributed by atoms with Gasteiger partial charge in [0.2, 0.25) is 0 Å². The molecule has 0 amide bonds. The molecule has 1 aromatic carbocycles. The van der Waals surface area contributed by atoms with Crippen LogP contribution in [0.1, 0.15) is 26.2 Å². The average molecular weight is 228 g/mol. The normalized spacial score (nSPS) is 9.88. The minimum atomic E-state index is -0.667. The van der Waals surface area contributed by atoms with Crippen molar-refractivity contribution in [3.8, 4) is 11.5 Å². The monoisotopic (exact) mass is 228 g/mol. The quantitative estimate of drug-likeness (QED) is 0.621. The van der Waals surface area contributed by atoms with Crippen molar-refractivity contribution in [1.82, 2.24) is 0 Å². The predicted molar refractivity (Wildman–Crippen MR) is 54.3 cm³/mol. The first kappa shape index (κ1) is 12.3. The van der Waals surface area contributed by atoms with E-state index >= 15 is 0 Å². The maximum Gasteiger partial charge on any atom is 0.355 e. The Morgan fingerprint density at radius 2 is 2.19 bits per heavy atom.